The van der Waals surface area contributed by atoms with Crippen LogP contribution in [0.5, 0.6) is 0 Å². The molecule has 0 spiro atoms. The van der Waals surface area contributed by atoms with Gasteiger partial charge in [-0.15, -0.1) is 11.3 Å². The predicted molar refractivity (Wildman–Crippen MR) is 179 cm³/mol. The standard InChI is InChI=1S/C38H20N4S/c1-40-37-33(41-29-14-6-2-10-24(29)25-11-3-7-15-30(25)41)20-23(22-39)21-34(37)42-31-16-8-4-13-28(31)36-32(42)19-18-27-26-12-5-9-17-35(26)43-38(27)36/h2-21H. The van der Waals surface area contributed by atoms with Crippen molar-refractivity contribution in [2.75, 3.05) is 0 Å². The summed E-state index contributed by atoms with van der Waals surface area (Å²) in [4.78, 5) is 4.18. The Balaban J connectivity index is 1.45. The van der Waals surface area contributed by atoms with Crippen LogP contribution >= 0.6 is 11.3 Å². The Kier molecular flexibility index (Phi) is 4.87. The second-order valence-electron chi connectivity index (χ2n) is 10.7. The van der Waals surface area contributed by atoms with E-state index in [1.165, 1.54) is 25.6 Å². The summed E-state index contributed by atoms with van der Waals surface area (Å²) in [7, 11) is 0. The van der Waals surface area contributed by atoms with E-state index in [1.54, 1.807) is 11.3 Å². The van der Waals surface area contributed by atoms with Gasteiger partial charge in [-0.1, -0.05) is 78.9 Å². The molecule has 0 bridgehead atoms. The van der Waals surface area contributed by atoms with Crippen molar-refractivity contribution < 1.29 is 0 Å². The average molecular weight is 565 g/mol. The molecule has 43 heavy (non-hydrogen) atoms. The van der Waals surface area contributed by atoms with Gasteiger partial charge in [0, 0.05) is 41.7 Å². The quantitative estimate of drug-likeness (QED) is 0.192. The van der Waals surface area contributed by atoms with Crippen LogP contribution in [0.15, 0.2) is 121 Å². The van der Waals surface area contributed by atoms with E-state index < -0.39 is 0 Å². The Morgan fingerprint density at radius 3 is 1.74 bits per heavy atom. The van der Waals surface area contributed by atoms with Crippen LogP contribution in [0.1, 0.15) is 5.56 Å². The van der Waals surface area contributed by atoms with Gasteiger partial charge in [-0.05, 0) is 42.5 Å². The van der Waals surface area contributed by atoms with Gasteiger partial charge in [-0.2, -0.15) is 5.26 Å². The third-order valence-electron chi connectivity index (χ3n) is 8.55. The third-order valence-corrected chi connectivity index (χ3v) is 9.76. The number of thiophene rings is 1. The average Bonchev–Trinajstić information content (AvgIpc) is 3.71. The predicted octanol–water partition coefficient (Wildman–Crippen LogP) is 10.7. The summed E-state index contributed by atoms with van der Waals surface area (Å²) in [6, 6.07) is 43.9. The van der Waals surface area contributed by atoms with Crippen molar-refractivity contribution in [2.24, 2.45) is 0 Å². The lowest BCUT2D eigenvalue weighted by Gasteiger charge is -2.16. The summed E-state index contributed by atoms with van der Waals surface area (Å²) >= 11 is 1.81. The van der Waals surface area contributed by atoms with E-state index in [-0.39, 0.29) is 0 Å². The number of rotatable bonds is 2. The molecule has 9 rings (SSSR count). The Labute approximate surface area is 250 Å². The van der Waals surface area contributed by atoms with Gasteiger partial charge in [0.25, 0.3) is 0 Å². The van der Waals surface area contributed by atoms with Crippen LogP contribution in [0.4, 0.5) is 5.69 Å². The van der Waals surface area contributed by atoms with Gasteiger partial charge >= 0.3 is 0 Å². The SMILES string of the molecule is [C-]#[N+]c1c(-n2c3ccccc3c3ccccc32)cc(C#N)cc1-n1c2ccccc2c2c3sc4ccccc4c3ccc21. The number of hydrogen-bond donors (Lipinski definition) is 0. The minimum Gasteiger partial charge on any atom is -0.319 e. The molecule has 3 aromatic heterocycles. The summed E-state index contributed by atoms with van der Waals surface area (Å²) in [6.45, 7) is 8.51. The fourth-order valence-electron chi connectivity index (χ4n) is 6.80. The van der Waals surface area contributed by atoms with Crippen LogP contribution in [-0.2, 0) is 0 Å². The first-order valence-corrected chi connectivity index (χ1v) is 14.9. The molecule has 6 aromatic carbocycles. The molecule has 0 amide bonds. The minimum absolute atomic E-state index is 0.504. The molecular formula is C38H20N4S. The van der Waals surface area contributed by atoms with Crippen molar-refractivity contribution >= 4 is 80.8 Å². The molecule has 4 nitrogen and oxygen atoms in total. The third kappa shape index (κ3) is 3.17. The Morgan fingerprint density at radius 2 is 1.12 bits per heavy atom. The normalized spacial score (nSPS) is 11.7. The van der Waals surface area contributed by atoms with Crippen molar-refractivity contribution in [3.8, 4) is 17.4 Å². The monoisotopic (exact) mass is 564 g/mol. The molecule has 0 atom stereocenters. The largest absolute Gasteiger partial charge is 0.319 e. The first kappa shape index (κ1) is 23.8. The summed E-state index contributed by atoms with van der Waals surface area (Å²) in [5.74, 6) is 0. The van der Waals surface area contributed by atoms with E-state index in [0.29, 0.717) is 22.6 Å². The number of nitriles is 1. The number of para-hydroxylation sites is 3. The van der Waals surface area contributed by atoms with Gasteiger partial charge in [0.05, 0.1) is 51.6 Å². The highest BCUT2D eigenvalue weighted by Gasteiger charge is 2.23. The molecule has 0 aliphatic rings. The van der Waals surface area contributed by atoms with Crippen LogP contribution in [0.25, 0.3) is 80.0 Å². The highest BCUT2D eigenvalue weighted by Crippen LogP contribution is 2.46. The molecule has 0 saturated carbocycles. The molecule has 0 radical (unpaired) electrons. The van der Waals surface area contributed by atoms with Crippen molar-refractivity contribution in [2.45, 2.75) is 0 Å². The lowest BCUT2D eigenvalue weighted by molar-refractivity contribution is 1.14. The maximum absolute atomic E-state index is 10.3. The Morgan fingerprint density at radius 1 is 0.581 bits per heavy atom. The molecule has 0 aliphatic heterocycles. The number of fused-ring (bicyclic) bond motifs is 10. The zero-order valence-electron chi connectivity index (χ0n) is 22.7. The second-order valence-corrected chi connectivity index (χ2v) is 11.8. The fourth-order valence-corrected chi connectivity index (χ4v) is 8.06. The maximum Gasteiger partial charge on any atom is 0.234 e. The highest BCUT2D eigenvalue weighted by atomic mass is 32.1. The highest BCUT2D eigenvalue weighted by molar-refractivity contribution is 7.26. The number of benzene rings is 6. The zero-order chi connectivity index (χ0) is 28.7. The molecule has 0 fully saturated rings. The summed E-state index contributed by atoms with van der Waals surface area (Å²) in [5.41, 5.74) is 6.46. The van der Waals surface area contributed by atoms with Gasteiger partial charge < -0.3 is 9.13 Å². The molecule has 0 saturated heterocycles. The number of hydrogen-bond acceptors (Lipinski definition) is 2. The van der Waals surface area contributed by atoms with Crippen molar-refractivity contribution in [3.05, 3.63) is 138 Å². The first-order chi connectivity index (χ1) is 21.3. The van der Waals surface area contributed by atoms with Gasteiger partial charge in [0.15, 0.2) is 0 Å². The van der Waals surface area contributed by atoms with Gasteiger partial charge in [-0.3, -0.25) is 0 Å². The van der Waals surface area contributed by atoms with Crippen LogP contribution < -0.4 is 0 Å². The number of nitrogens with zero attached hydrogens (tertiary/aromatic N) is 4. The fraction of sp³-hybridized carbons (Fsp3) is 0. The molecule has 9 aromatic rings. The van der Waals surface area contributed by atoms with Crippen molar-refractivity contribution in [1.29, 1.82) is 5.26 Å². The van der Waals surface area contributed by atoms with Crippen molar-refractivity contribution in [1.82, 2.24) is 9.13 Å². The summed E-state index contributed by atoms with van der Waals surface area (Å²) < 4.78 is 6.81. The second kappa shape index (κ2) is 8.81. The van der Waals surface area contributed by atoms with Crippen LogP contribution in [0, 0.1) is 17.9 Å². The molecular weight excluding hydrogens is 545 g/mol. The van der Waals surface area contributed by atoms with Crippen LogP contribution in [-0.4, -0.2) is 9.13 Å². The Hall–Kier alpha value is -5.88. The van der Waals surface area contributed by atoms with Gasteiger partial charge in [0.2, 0.25) is 5.69 Å². The maximum atomic E-state index is 10.3. The molecule has 0 N–H and O–H groups in total. The van der Waals surface area contributed by atoms with E-state index >= 15 is 0 Å². The van der Waals surface area contributed by atoms with Crippen molar-refractivity contribution in [3.63, 3.8) is 0 Å². The van der Waals surface area contributed by atoms with Gasteiger partial charge in [0.1, 0.15) is 0 Å². The van der Waals surface area contributed by atoms with E-state index in [2.05, 4.69) is 98.9 Å². The van der Waals surface area contributed by atoms with E-state index in [1.807, 2.05) is 42.5 Å². The lowest BCUT2D eigenvalue weighted by Crippen LogP contribution is -2.01. The molecule has 198 valence electrons. The molecule has 0 aliphatic carbocycles. The topological polar surface area (TPSA) is 38.0 Å². The molecule has 3 heterocycles. The zero-order valence-corrected chi connectivity index (χ0v) is 23.6. The molecule has 0 unspecified atom stereocenters. The summed E-state index contributed by atoms with van der Waals surface area (Å²) in [5, 5.41) is 17.3. The Bertz CT molecular complexity index is 2650. The van der Waals surface area contributed by atoms with Crippen LogP contribution in [0.3, 0.4) is 0 Å². The molecule has 5 heteroatoms. The first-order valence-electron chi connectivity index (χ1n) is 14.0. The van der Waals surface area contributed by atoms with E-state index in [9.17, 15) is 5.26 Å². The van der Waals surface area contributed by atoms with Crippen LogP contribution in [0.2, 0.25) is 0 Å². The smallest absolute Gasteiger partial charge is 0.234 e. The number of aromatic nitrogens is 2. The summed E-state index contributed by atoms with van der Waals surface area (Å²) in [6.07, 6.45) is 0. The minimum atomic E-state index is 0.504. The lowest BCUT2D eigenvalue weighted by atomic mass is 10.1. The van der Waals surface area contributed by atoms with Gasteiger partial charge in [-0.25, -0.2) is 4.85 Å². The van der Waals surface area contributed by atoms with E-state index in [0.717, 1.165) is 38.2 Å². The van der Waals surface area contributed by atoms with E-state index in [4.69, 9.17) is 6.57 Å².